The number of nitrogens with two attached hydrogens (primary N) is 1. The fraction of sp³-hybridized carbons (Fsp3) is 0.357. The Morgan fingerprint density at radius 3 is 2.68 bits per heavy atom. The Morgan fingerprint density at radius 1 is 1.42 bits per heavy atom. The number of aryl methyl sites for hydroxylation is 2. The predicted molar refractivity (Wildman–Crippen MR) is 74.7 cm³/mol. The monoisotopic (exact) mass is 280 g/mol. The first-order chi connectivity index (χ1) is 9.02. The maximum absolute atomic E-state index is 13.3. The van der Waals surface area contributed by atoms with E-state index in [1.807, 2.05) is 13.8 Å². The first-order valence-electron chi connectivity index (χ1n) is 6.10. The van der Waals surface area contributed by atoms with E-state index in [1.165, 1.54) is 23.5 Å². The number of halogens is 1. The number of hydrogen-bond acceptors (Lipinski definition) is 4. The molecule has 0 aliphatic heterocycles. The van der Waals surface area contributed by atoms with E-state index >= 15 is 0 Å². The quantitative estimate of drug-likeness (QED) is 0.905. The third kappa shape index (κ3) is 3.00. The van der Waals surface area contributed by atoms with Gasteiger partial charge in [0.25, 0.3) is 0 Å². The van der Waals surface area contributed by atoms with Crippen molar-refractivity contribution in [1.82, 2.24) is 4.98 Å². The van der Waals surface area contributed by atoms with E-state index in [-0.39, 0.29) is 18.3 Å². The number of aromatic nitrogens is 1. The number of thiazole rings is 1. The number of hydrogen-bond donors (Lipinski definition) is 2. The molecule has 0 radical (unpaired) electrons. The summed E-state index contributed by atoms with van der Waals surface area (Å²) in [6, 6.07) is 6.22. The van der Waals surface area contributed by atoms with Crippen molar-refractivity contribution < 1.29 is 9.50 Å². The molecule has 1 heterocycles. The van der Waals surface area contributed by atoms with Crippen molar-refractivity contribution >= 4 is 11.3 Å². The largest absolute Gasteiger partial charge is 0.387 e. The molecule has 1 aromatic heterocycles. The second-order valence-corrected chi connectivity index (χ2v) is 5.76. The van der Waals surface area contributed by atoms with Gasteiger partial charge in [-0.05, 0) is 31.5 Å². The maximum atomic E-state index is 13.3. The normalized spacial score (nSPS) is 14.4. The molecule has 3 nitrogen and oxygen atoms in total. The molecule has 3 N–H and O–H groups in total. The van der Waals surface area contributed by atoms with E-state index in [4.69, 9.17) is 5.73 Å². The van der Waals surface area contributed by atoms with Gasteiger partial charge in [-0.15, -0.1) is 11.3 Å². The Kier molecular flexibility index (Phi) is 4.29. The van der Waals surface area contributed by atoms with Crippen LogP contribution in [-0.2, 0) is 0 Å². The van der Waals surface area contributed by atoms with E-state index < -0.39 is 6.10 Å². The van der Waals surface area contributed by atoms with Crippen LogP contribution in [0, 0.1) is 19.7 Å². The molecule has 2 atom stereocenters. The molecule has 0 saturated carbocycles. The summed E-state index contributed by atoms with van der Waals surface area (Å²) in [5, 5.41) is 11.4. The Bertz CT molecular complexity index is 570. The van der Waals surface area contributed by atoms with Gasteiger partial charge in [-0.25, -0.2) is 9.37 Å². The van der Waals surface area contributed by atoms with Gasteiger partial charge in [0.1, 0.15) is 5.82 Å². The zero-order valence-corrected chi connectivity index (χ0v) is 11.7. The Balaban J connectivity index is 2.34. The Hall–Kier alpha value is -1.30. The summed E-state index contributed by atoms with van der Waals surface area (Å²) in [5.74, 6) is -0.644. The molecule has 2 aromatic rings. The van der Waals surface area contributed by atoms with Crippen molar-refractivity contribution in [1.29, 1.82) is 0 Å². The molecule has 0 fully saturated rings. The average Bonchev–Trinajstić information content (AvgIpc) is 2.69. The second kappa shape index (κ2) is 5.77. The van der Waals surface area contributed by atoms with E-state index in [1.54, 1.807) is 12.1 Å². The van der Waals surface area contributed by atoms with Gasteiger partial charge in [-0.3, -0.25) is 0 Å². The summed E-state index contributed by atoms with van der Waals surface area (Å²) in [5.41, 5.74) is 7.27. The van der Waals surface area contributed by atoms with Crippen LogP contribution in [0.1, 0.15) is 33.2 Å². The van der Waals surface area contributed by atoms with Crippen LogP contribution < -0.4 is 5.73 Å². The molecule has 2 unspecified atom stereocenters. The van der Waals surface area contributed by atoms with Gasteiger partial charge >= 0.3 is 0 Å². The van der Waals surface area contributed by atoms with E-state index in [0.717, 1.165) is 15.6 Å². The molecule has 1 aromatic carbocycles. The number of benzene rings is 1. The zero-order chi connectivity index (χ0) is 14.0. The van der Waals surface area contributed by atoms with Crippen LogP contribution >= 0.6 is 11.3 Å². The second-order valence-electron chi connectivity index (χ2n) is 4.52. The summed E-state index contributed by atoms with van der Waals surface area (Å²) < 4.78 is 13.3. The first kappa shape index (κ1) is 14.1. The number of aliphatic hydroxyl groups is 1. The molecule has 0 saturated heterocycles. The van der Waals surface area contributed by atoms with Crippen molar-refractivity contribution in [2.45, 2.75) is 25.9 Å². The van der Waals surface area contributed by atoms with Crippen LogP contribution in [0.5, 0.6) is 0 Å². The van der Waals surface area contributed by atoms with Crippen LogP contribution in [-0.4, -0.2) is 16.6 Å². The number of nitrogens with zero attached hydrogens (tertiary/aromatic N) is 1. The SMILES string of the molecule is Cc1nc(C)c(C(O)C(CN)c2cccc(F)c2)s1. The molecular formula is C14H17FN2OS. The molecule has 2 rings (SSSR count). The lowest BCUT2D eigenvalue weighted by molar-refractivity contribution is 0.150. The Labute approximate surface area is 115 Å². The van der Waals surface area contributed by atoms with Crippen molar-refractivity contribution in [3.8, 4) is 0 Å². The van der Waals surface area contributed by atoms with Crippen molar-refractivity contribution in [2.75, 3.05) is 6.54 Å². The van der Waals surface area contributed by atoms with Crippen LogP contribution in [0.4, 0.5) is 4.39 Å². The minimum absolute atomic E-state index is 0.251. The molecule has 0 amide bonds. The molecule has 5 heteroatoms. The minimum atomic E-state index is -0.752. The highest BCUT2D eigenvalue weighted by Crippen LogP contribution is 2.35. The van der Waals surface area contributed by atoms with E-state index in [2.05, 4.69) is 4.98 Å². The smallest absolute Gasteiger partial charge is 0.123 e. The van der Waals surface area contributed by atoms with Crippen LogP contribution in [0.2, 0.25) is 0 Å². The lowest BCUT2D eigenvalue weighted by atomic mass is 9.92. The van der Waals surface area contributed by atoms with E-state index in [0.29, 0.717) is 5.56 Å². The number of rotatable bonds is 4. The lowest BCUT2D eigenvalue weighted by Gasteiger charge is -2.21. The predicted octanol–water partition coefficient (Wildman–Crippen LogP) is 2.67. The third-order valence-corrected chi connectivity index (χ3v) is 4.26. The van der Waals surface area contributed by atoms with Crippen LogP contribution in [0.25, 0.3) is 0 Å². The summed E-state index contributed by atoms with van der Waals surface area (Å²) in [7, 11) is 0. The molecule has 0 aliphatic carbocycles. The third-order valence-electron chi connectivity index (χ3n) is 3.12. The van der Waals surface area contributed by atoms with Gasteiger partial charge in [0.05, 0.1) is 21.7 Å². The summed E-state index contributed by atoms with van der Waals surface area (Å²) in [6.07, 6.45) is -0.752. The van der Waals surface area contributed by atoms with Gasteiger partial charge < -0.3 is 10.8 Å². The highest BCUT2D eigenvalue weighted by Gasteiger charge is 2.25. The van der Waals surface area contributed by atoms with Crippen molar-refractivity contribution in [3.63, 3.8) is 0 Å². The van der Waals surface area contributed by atoms with Crippen LogP contribution in [0.3, 0.4) is 0 Å². The fourth-order valence-electron chi connectivity index (χ4n) is 2.19. The van der Waals surface area contributed by atoms with Gasteiger partial charge in [0.2, 0.25) is 0 Å². The van der Waals surface area contributed by atoms with Crippen molar-refractivity contribution in [3.05, 3.63) is 51.2 Å². The van der Waals surface area contributed by atoms with Crippen LogP contribution in [0.15, 0.2) is 24.3 Å². The molecule has 19 heavy (non-hydrogen) atoms. The van der Waals surface area contributed by atoms with Gasteiger partial charge in [-0.1, -0.05) is 12.1 Å². The summed E-state index contributed by atoms with van der Waals surface area (Å²) >= 11 is 1.45. The molecule has 102 valence electrons. The highest BCUT2D eigenvalue weighted by molar-refractivity contribution is 7.11. The average molecular weight is 280 g/mol. The van der Waals surface area contributed by atoms with Gasteiger partial charge in [0.15, 0.2) is 0 Å². The Morgan fingerprint density at radius 2 is 2.16 bits per heavy atom. The standard InChI is InChI=1S/C14H17FN2OS/c1-8-14(19-9(2)17-8)13(18)12(7-16)10-4-3-5-11(15)6-10/h3-6,12-13,18H,7,16H2,1-2H3. The molecule has 0 spiro atoms. The summed E-state index contributed by atoms with van der Waals surface area (Å²) in [6.45, 7) is 4.01. The van der Waals surface area contributed by atoms with Crippen molar-refractivity contribution in [2.24, 2.45) is 5.73 Å². The lowest BCUT2D eigenvalue weighted by Crippen LogP contribution is -2.20. The highest BCUT2D eigenvalue weighted by atomic mass is 32.1. The fourth-order valence-corrected chi connectivity index (χ4v) is 3.17. The maximum Gasteiger partial charge on any atom is 0.123 e. The molecule has 0 aliphatic rings. The molecular weight excluding hydrogens is 263 g/mol. The minimum Gasteiger partial charge on any atom is -0.387 e. The first-order valence-corrected chi connectivity index (χ1v) is 6.92. The summed E-state index contributed by atoms with van der Waals surface area (Å²) in [4.78, 5) is 5.11. The van der Waals surface area contributed by atoms with Gasteiger partial charge in [-0.2, -0.15) is 0 Å². The van der Waals surface area contributed by atoms with E-state index in [9.17, 15) is 9.50 Å². The zero-order valence-electron chi connectivity index (χ0n) is 10.9. The topological polar surface area (TPSA) is 59.1 Å². The number of aliphatic hydroxyl groups excluding tert-OH is 1. The van der Waals surface area contributed by atoms with Gasteiger partial charge in [0, 0.05) is 12.5 Å². The molecule has 0 bridgehead atoms.